The molecule has 0 bridgehead atoms. The third-order valence-corrected chi connectivity index (χ3v) is 3.18. The van der Waals surface area contributed by atoms with Crippen molar-refractivity contribution in [2.75, 3.05) is 19.6 Å². The van der Waals surface area contributed by atoms with Gasteiger partial charge in [0.05, 0.1) is 5.69 Å². The van der Waals surface area contributed by atoms with E-state index in [2.05, 4.69) is 22.3 Å². The molecular formula is C11H20ClN3O. The van der Waals surface area contributed by atoms with Gasteiger partial charge in [0.25, 0.3) is 0 Å². The van der Waals surface area contributed by atoms with Crippen molar-refractivity contribution in [3.63, 3.8) is 0 Å². The molecule has 1 aliphatic heterocycles. The third kappa shape index (κ3) is 2.75. The van der Waals surface area contributed by atoms with Gasteiger partial charge in [-0.3, -0.25) is 4.90 Å². The molecule has 2 heterocycles. The molecule has 1 fully saturated rings. The Balaban J connectivity index is 0.00000128. The maximum Gasteiger partial charge on any atom is 0.138 e. The number of aromatic nitrogens is 1. The summed E-state index contributed by atoms with van der Waals surface area (Å²) in [6.07, 6.45) is 0. The third-order valence-electron chi connectivity index (χ3n) is 3.18. The lowest BCUT2D eigenvalue weighted by Crippen LogP contribution is -2.49. The summed E-state index contributed by atoms with van der Waals surface area (Å²) in [5, 5.41) is 7.38. The molecule has 1 saturated heterocycles. The number of rotatable bonds is 2. The Hall–Kier alpha value is -0.580. The van der Waals surface area contributed by atoms with Crippen LogP contribution in [0.15, 0.2) is 4.52 Å². The van der Waals surface area contributed by atoms with Crippen LogP contribution in [0.4, 0.5) is 0 Å². The first-order valence-corrected chi connectivity index (χ1v) is 5.55. The van der Waals surface area contributed by atoms with Crippen molar-refractivity contribution >= 4 is 12.4 Å². The molecule has 0 saturated carbocycles. The molecule has 1 atom stereocenters. The molecule has 4 nitrogen and oxygen atoms in total. The molecule has 1 aromatic heterocycles. The number of nitrogens with one attached hydrogen (secondary N) is 1. The van der Waals surface area contributed by atoms with E-state index >= 15 is 0 Å². The van der Waals surface area contributed by atoms with Gasteiger partial charge in [0.2, 0.25) is 0 Å². The number of halogens is 1. The van der Waals surface area contributed by atoms with Gasteiger partial charge in [-0.2, -0.15) is 0 Å². The Morgan fingerprint density at radius 3 is 2.81 bits per heavy atom. The van der Waals surface area contributed by atoms with Gasteiger partial charge in [0.15, 0.2) is 0 Å². The zero-order valence-corrected chi connectivity index (χ0v) is 10.9. The maximum atomic E-state index is 5.18. The lowest BCUT2D eigenvalue weighted by Gasteiger charge is -2.33. The van der Waals surface area contributed by atoms with Gasteiger partial charge in [-0.1, -0.05) is 5.16 Å². The van der Waals surface area contributed by atoms with Gasteiger partial charge in [-0.05, 0) is 20.8 Å². The first-order valence-electron chi connectivity index (χ1n) is 5.55. The van der Waals surface area contributed by atoms with Gasteiger partial charge in [-0.25, -0.2) is 0 Å². The monoisotopic (exact) mass is 245 g/mol. The van der Waals surface area contributed by atoms with E-state index < -0.39 is 0 Å². The Bertz CT molecular complexity index is 320. The number of aryl methyl sites for hydroxylation is 2. The van der Waals surface area contributed by atoms with E-state index in [0.29, 0.717) is 6.04 Å². The minimum absolute atomic E-state index is 0. The van der Waals surface area contributed by atoms with Gasteiger partial charge in [0.1, 0.15) is 5.76 Å². The molecule has 92 valence electrons. The summed E-state index contributed by atoms with van der Waals surface area (Å²) in [5.74, 6) is 0.957. The van der Waals surface area contributed by atoms with Crippen LogP contribution in [0, 0.1) is 13.8 Å². The number of piperazine rings is 1. The Morgan fingerprint density at radius 2 is 2.25 bits per heavy atom. The fourth-order valence-corrected chi connectivity index (χ4v) is 2.05. The van der Waals surface area contributed by atoms with Crippen LogP contribution in [0.5, 0.6) is 0 Å². The molecule has 1 aromatic rings. The van der Waals surface area contributed by atoms with Crippen LogP contribution >= 0.6 is 12.4 Å². The van der Waals surface area contributed by atoms with Crippen molar-refractivity contribution in [3.05, 3.63) is 17.0 Å². The van der Waals surface area contributed by atoms with E-state index in [9.17, 15) is 0 Å². The lowest BCUT2D eigenvalue weighted by atomic mass is 10.1. The molecule has 0 unspecified atom stereocenters. The highest BCUT2D eigenvalue weighted by molar-refractivity contribution is 5.85. The summed E-state index contributed by atoms with van der Waals surface area (Å²) in [4.78, 5) is 2.48. The number of hydrogen-bond donors (Lipinski definition) is 1. The highest BCUT2D eigenvalue weighted by atomic mass is 35.5. The summed E-state index contributed by atoms with van der Waals surface area (Å²) >= 11 is 0. The lowest BCUT2D eigenvalue weighted by molar-refractivity contribution is 0.164. The first kappa shape index (κ1) is 13.5. The standard InChI is InChI=1S/C11H19N3O.ClH/c1-8-6-12-4-5-14(8)7-11-9(2)13-15-10(11)3;/h8,12H,4-7H2,1-3H3;1H/t8-;/m1./s1. The Labute approximate surface area is 103 Å². The van der Waals surface area contributed by atoms with Gasteiger partial charge >= 0.3 is 0 Å². The van der Waals surface area contributed by atoms with Crippen molar-refractivity contribution in [1.82, 2.24) is 15.4 Å². The second kappa shape index (κ2) is 5.66. The molecule has 0 aliphatic carbocycles. The largest absolute Gasteiger partial charge is 0.361 e. The SMILES string of the molecule is Cc1noc(C)c1CN1CCNC[C@H]1C.Cl. The number of nitrogens with zero attached hydrogens (tertiary/aromatic N) is 2. The van der Waals surface area contributed by atoms with Gasteiger partial charge in [0, 0.05) is 37.8 Å². The molecule has 0 radical (unpaired) electrons. The Morgan fingerprint density at radius 1 is 1.50 bits per heavy atom. The minimum atomic E-state index is 0. The molecule has 0 aromatic carbocycles. The zero-order valence-electron chi connectivity index (χ0n) is 10.1. The molecule has 1 aliphatic rings. The average molecular weight is 246 g/mol. The first-order chi connectivity index (χ1) is 7.18. The Kier molecular flexibility index (Phi) is 4.77. The smallest absolute Gasteiger partial charge is 0.138 e. The molecule has 2 rings (SSSR count). The van der Waals surface area contributed by atoms with E-state index in [1.807, 2.05) is 13.8 Å². The van der Waals surface area contributed by atoms with Gasteiger partial charge in [-0.15, -0.1) is 12.4 Å². The maximum absolute atomic E-state index is 5.18. The van der Waals surface area contributed by atoms with Crippen molar-refractivity contribution < 1.29 is 4.52 Å². The molecule has 16 heavy (non-hydrogen) atoms. The van der Waals surface area contributed by atoms with E-state index in [-0.39, 0.29) is 12.4 Å². The predicted molar refractivity (Wildman–Crippen MR) is 66.0 cm³/mol. The summed E-state index contributed by atoms with van der Waals surface area (Å²) in [5.41, 5.74) is 2.28. The van der Waals surface area contributed by atoms with E-state index in [1.54, 1.807) is 0 Å². The fourth-order valence-electron chi connectivity index (χ4n) is 2.05. The van der Waals surface area contributed by atoms with Crippen molar-refractivity contribution in [3.8, 4) is 0 Å². The summed E-state index contributed by atoms with van der Waals surface area (Å²) in [6, 6.07) is 0.590. The van der Waals surface area contributed by atoms with Gasteiger partial charge < -0.3 is 9.84 Å². The normalized spacial score (nSPS) is 21.8. The van der Waals surface area contributed by atoms with E-state index in [4.69, 9.17) is 4.52 Å². The highest BCUT2D eigenvalue weighted by Gasteiger charge is 2.20. The second-order valence-electron chi connectivity index (χ2n) is 4.33. The molecular weight excluding hydrogens is 226 g/mol. The topological polar surface area (TPSA) is 41.3 Å². The van der Waals surface area contributed by atoms with Crippen LogP contribution in [0.3, 0.4) is 0 Å². The van der Waals surface area contributed by atoms with Crippen molar-refractivity contribution in [1.29, 1.82) is 0 Å². The predicted octanol–water partition coefficient (Wildman–Crippen LogP) is 1.51. The van der Waals surface area contributed by atoms with Crippen LogP contribution in [0.25, 0.3) is 0 Å². The minimum Gasteiger partial charge on any atom is -0.361 e. The van der Waals surface area contributed by atoms with Crippen LogP contribution in [0.1, 0.15) is 23.9 Å². The summed E-state index contributed by atoms with van der Waals surface area (Å²) in [7, 11) is 0. The quantitative estimate of drug-likeness (QED) is 0.858. The molecule has 1 N–H and O–H groups in total. The second-order valence-corrected chi connectivity index (χ2v) is 4.33. The summed E-state index contributed by atoms with van der Waals surface area (Å²) in [6.45, 7) is 10.5. The fraction of sp³-hybridized carbons (Fsp3) is 0.727. The molecule has 0 amide bonds. The van der Waals surface area contributed by atoms with Crippen LogP contribution in [-0.2, 0) is 6.54 Å². The van der Waals surface area contributed by atoms with E-state index in [1.165, 1.54) is 5.56 Å². The average Bonchev–Trinajstić information content (AvgIpc) is 2.53. The molecule has 0 spiro atoms. The van der Waals surface area contributed by atoms with E-state index in [0.717, 1.165) is 37.6 Å². The highest BCUT2D eigenvalue weighted by Crippen LogP contribution is 2.16. The van der Waals surface area contributed by atoms with Crippen LogP contribution < -0.4 is 5.32 Å². The zero-order chi connectivity index (χ0) is 10.8. The summed E-state index contributed by atoms with van der Waals surface area (Å²) < 4.78 is 5.18. The van der Waals surface area contributed by atoms with Crippen LogP contribution in [-0.4, -0.2) is 35.7 Å². The van der Waals surface area contributed by atoms with Crippen LogP contribution in [0.2, 0.25) is 0 Å². The molecule has 5 heteroatoms. The van der Waals surface area contributed by atoms with Crippen molar-refractivity contribution in [2.24, 2.45) is 0 Å². The van der Waals surface area contributed by atoms with Crippen molar-refractivity contribution in [2.45, 2.75) is 33.4 Å². The number of hydrogen-bond acceptors (Lipinski definition) is 4.